The number of hydrogen-bond donors (Lipinski definition) is 3. The second kappa shape index (κ2) is 6.60. The van der Waals surface area contributed by atoms with Crippen molar-refractivity contribution in [2.45, 2.75) is 57.2 Å². The normalized spacial score (nSPS) is 24.8. The molecule has 0 fully saturated rings. The SMILES string of the molecule is CCC1=CSC(C(N)C(=O)O)NC1C(=O)OC(C)(C)C. The van der Waals surface area contributed by atoms with Crippen molar-refractivity contribution in [3.63, 3.8) is 0 Å². The van der Waals surface area contributed by atoms with E-state index in [-0.39, 0.29) is 0 Å². The number of hydrogen-bond acceptors (Lipinski definition) is 6. The number of aliphatic carboxylic acids is 1. The molecule has 0 spiro atoms. The second-order valence-corrected chi connectivity index (χ2v) is 6.62. The third-order valence-electron chi connectivity index (χ3n) is 2.73. The highest BCUT2D eigenvalue weighted by Gasteiger charge is 2.36. The number of carbonyl (C=O) groups excluding carboxylic acids is 1. The molecule has 0 aliphatic carbocycles. The predicted molar refractivity (Wildman–Crippen MR) is 78.1 cm³/mol. The molecule has 20 heavy (non-hydrogen) atoms. The Hall–Kier alpha value is -1.05. The van der Waals surface area contributed by atoms with Crippen molar-refractivity contribution in [3.8, 4) is 0 Å². The molecule has 0 aromatic carbocycles. The number of nitrogens with two attached hydrogens (primary N) is 1. The van der Waals surface area contributed by atoms with Crippen LogP contribution in [0.4, 0.5) is 0 Å². The standard InChI is InChI=1S/C13H22N2O4S/c1-5-7-6-20-10(8(14)11(16)17)15-9(7)12(18)19-13(2,3)4/h6,8-10,15H,5,14H2,1-4H3,(H,16,17). The fourth-order valence-electron chi connectivity index (χ4n) is 1.72. The topological polar surface area (TPSA) is 102 Å². The number of thioether (sulfide) groups is 1. The summed E-state index contributed by atoms with van der Waals surface area (Å²) in [6.45, 7) is 7.30. The van der Waals surface area contributed by atoms with Crippen LogP contribution in [0.2, 0.25) is 0 Å². The van der Waals surface area contributed by atoms with Gasteiger partial charge in [-0.1, -0.05) is 6.92 Å². The molecule has 6 nitrogen and oxygen atoms in total. The molecule has 0 aromatic heterocycles. The lowest BCUT2D eigenvalue weighted by Crippen LogP contribution is -2.55. The summed E-state index contributed by atoms with van der Waals surface area (Å²) in [5.74, 6) is -1.51. The van der Waals surface area contributed by atoms with Gasteiger partial charge in [-0.05, 0) is 38.2 Å². The summed E-state index contributed by atoms with van der Waals surface area (Å²) >= 11 is 1.28. The predicted octanol–water partition coefficient (Wildman–Crippen LogP) is 1.06. The third-order valence-corrected chi connectivity index (χ3v) is 3.89. The molecule has 1 rings (SSSR count). The van der Waals surface area contributed by atoms with Crippen molar-refractivity contribution in [1.29, 1.82) is 0 Å². The maximum absolute atomic E-state index is 12.2. The van der Waals surface area contributed by atoms with Crippen LogP contribution in [0.5, 0.6) is 0 Å². The highest BCUT2D eigenvalue weighted by Crippen LogP contribution is 2.27. The van der Waals surface area contributed by atoms with Gasteiger partial charge in [-0.25, -0.2) is 4.79 Å². The molecule has 114 valence electrons. The van der Waals surface area contributed by atoms with Gasteiger partial charge in [-0.3, -0.25) is 10.1 Å². The van der Waals surface area contributed by atoms with Crippen LogP contribution < -0.4 is 11.1 Å². The van der Waals surface area contributed by atoms with Gasteiger partial charge >= 0.3 is 11.9 Å². The Morgan fingerprint density at radius 3 is 2.60 bits per heavy atom. The summed E-state index contributed by atoms with van der Waals surface area (Å²) < 4.78 is 5.36. The van der Waals surface area contributed by atoms with Crippen molar-refractivity contribution in [1.82, 2.24) is 5.32 Å². The highest BCUT2D eigenvalue weighted by atomic mass is 32.2. The fourth-order valence-corrected chi connectivity index (χ4v) is 2.85. The van der Waals surface area contributed by atoms with E-state index >= 15 is 0 Å². The monoisotopic (exact) mass is 302 g/mol. The van der Waals surface area contributed by atoms with E-state index in [2.05, 4.69) is 5.32 Å². The van der Waals surface area contributed by atoms with Gasteiger partial charge in [0.25, 0.3) is 0 Å². The number of carboxylic acid groups (broad SMARTS) is 1. The summed E-state index contributed by atoms with van der Waals surface area (Å²) in [5.41, 5.74) is 5.89. The van der Waals surface area contributed by atoms with Crippen LogP contribution in [-0.4, -0.2) is 40.1 Å². The maximum Gasteiger partial charge on any atom is 0.328 e. The minimum Gasteiger partial charge on any atom is -0.480 e. The van der Waals surface area contributed by atoms with Crippen molar-refractivity contribution >= 4 is 23.7 Å². The van der Waals surface area contributed by atoms with Gasteiger partial charge in [0.15, 0.2) is 0 Å². The average molecular weight is 302 g/mol. The molecule has 0 saturated heterocycles. The molecule has 1 aliphatic heterocycles. The Morgan fingerprint density at radius 2 is 2.15 bits per heavy atom. The van der Waals surface area contributed by atoms with Crippen LogP contribution in [0.1, 0.15) is 34.1 Å². The lowest BCUT2D eigenvalue weighted by atomic mass is 10.1. The zero-order valence-corrected chi connectivity index (χ0v) is 13.0. The summed E-state index contributed by atoms with van der Waals surface area (Å²) in [5, 5.41) is 13.2. The zero-order valence-electron chi connectivity index (χ0n) is 12.2. The average Bonchev–Trinajstić information content (AvgIpc) is 2.34. The smallest absolute Gasteiger partial charge is 0.328 e. The van der Waals surface area contributed by atoms with Crippen molar-refractivity contribution in [2.24, 2.45) is 5.73 Å². The highest BCUT2D eigenvalue weighted by molar-refractivity contribution is 8.02. The number of rotatable bonds is 4. The molecule has 0 bridgehead atoms. The molecule has 4 N–H and O–H groups in total. The molecule has 0 aromatic rings. The van der Waals surface area contributed by atoms with Gasteiger partial charge in [0.1, 0.15) is 17.7 Å². The maximum atomic E-state index is 12.2. The van der Waals surface area contributed by atoms with E-state index in [1.54, 1.807) is 26.2 Å². The van der Waals surface area contributed by atoms with Gasteiger partial charge in [0.05, 0.1) is 5.37 Å². The van der Waals surface area contributed by atoms with Gasteiger partial charge in [-0.2, -0.15) is 0 Å². The number of carbonyl (C=O) groups is 2. The van der Waals surface area contributed by atoms with Crippen molar-refractivity contribution in [2.75, 3.05) is 0 Å². The lowest BCUT2D eigenvalue weighted by Gasteiger charge is -2.33. The van der Waals surface area contributed by atoms with Crippen LogP contribution in [-0.2, 0) is 14.3 Å². The molecule has 3 atom stereocenters. The summed E-state index contributed by atoms with van der Waals surface area (Å²) in [7, 11) is 0. The quantitative estimate of drug-likeness (QED) is 0.667. The lowest BCUT2D eigenvalue weighted by molar-refractivity contribution is -0.156. The Balaban J connectivity index is 2.86. The number of carboxylic acids is 1. The Kier molecular flexibility index (Phi) is 5.61. The van der Waals surface area contributed by atoms with Crippen molar-refractivity contribution in [3.05, 3.63) is 11.0 Å². The minimum absolute atomic E-state index is 0.409. The molecule has 0 amide bonds. The molecule has 0 radical (unpaired) electrons. The first-order valence-electron chi connectivity index (χ1n) is 6.47. The van der Waals surface area contributed by atoms with E-state index in [1.807, 2.05) is 6.92 Å². The van der Waals surface area contributed by atoms with Crippen LogP contribution in [0.15, 0.2) is 11.0 Å². The first-order valence-corrected chi connectivity index (χ1v) is 7.41. The van der Waals surface area contributed by atoms with Crippen LogP contribution >= 0.6 is 11.8 Å². The van der Waals surface area contributed by atoms with E-state index in [0.29, 0.717) is 6.42 Å². The van der Waals surface area contributed by atoms with E-state index in [4.69, 9.17) is 15.6 Å². The number of nitrogens with one attached hydrogen (secondary N) is 1. The Morgan fingerprint density at radius 1 is 1.55 bits per heavy atom. The van der Waals surface area contributed by atoms with Gasteiger partial charge in [0.2, 0.25) is 0 Å². The molecule has 7 heteroatoms. The van der Waals surface area contributed by atoms with E-state index in [0.717, 1.165) is 5.57 Å². The minimum atomic E-state index is -1.11. The van der Waals surface area contributed by atoms with Crippen LogP contribution in [0.3, 0.4) is 0 Å². The first-order chi connectivity index (χ1) is 9.15. The van der Waals surface area contributed by atoms with E-state index in [9.17, 15) is 9.59 Å². The third kappa shape index (κ3) is 4.50. The van der Waals surface area contributed by atoms with Gasteiger partial charge < -0.3 is 15.6 Å². The Bertz CT molecular complexity index is 417. The summed E-state index contributed by atoms with van der Waals surface area (Å²) in [6, 6.07) is -1.73. The Labute approximate surface area is 123 Å². The molecule has 1 heterocycles. The second-order valence-electron chi connectivity index (χ2n) is 5.60. The zero-order chi connectivity index (χ0) is 15.5. The molecule has 1 aliphatic rings. The van der Waals surface area contributed by atoms with Gasteiger partial charge in [-0.15, -0.1) is 11.8 Å². The number of esters is 1. The van der Waals surface area contributed by atoms with Gasteiger partial charge in [0, 0.05) is 0 Å². The summed E-state index contributed by atoms with van der Waals surface area (Å²) in [4.78, 5) is 23.1. The molecular formula is C13H22N2O4S. The summed E-state index contributed by atoms with van der Waals surface area (Å²) in [6.07, 6.45) is 0.680. The van der Waals surface area contributed by atoms with E-state index < -0.39 is 35.0 Å². The molecule has 0 saturated carbocycles. The molecular weight excluding hydrogens is 280 g/mol. The number of ether oxygens (including phenoxy) is 1. The largest absolute Gasteiger partial charge is 0.480 e. The van der Waals surface area contributed by atoms with Crippen LogP contribution in [0, 0.1) is 0 Å². The van der Waals surface area contributed by atoms with Crippen LogP contribution in [0.25, 0.3) is 0 Å². The molecule has 3 unspecified atom stereocenters. The first kappa shape index (κ1) is 17.0. The van der Waals surface area contributed by atoms with E-state index in [1.165, 1.54) is 11.8 Å². The fraction of sp³-hybridized carbons (Fsp3) is 0.692. The van der Waals surface area contributed by atoms with Crippen molar-refractivity contribution < 1.29 is 19.4 Å².